The summed E-state index contributed by atoms with van der Waals surface area (Å²) in [5.41, 5.74) is 2.84. The molecule has 0 unspecified atom stereocenters. The Labute approximate surface area is 148 Å². The number of anilines is 1. The first kappa shape index (κ1) is 16.3. The summed E-state index contributed by atoms with van der Waals surface area (Å²) >= 11 is 3.37. The first-order chi connectivity index (χ1) is 11.6. The number of rotatable bonds is 5. The fraction of sp³-hybridized carbons (Fsp3) is 0.176. The first-order valence-corrected chi connectivity index (χ1v) is 8.36. The number of amides is 1. The molecule has 0 aliphatic carbocycles. The summed E-state index contributed by atoms with van der Waals surface area (Å²) in [6.45, 7) is 2.11. The average molecular weight is 386 g/mol. The molecule has 0 radical (unpaired) electrons. The molecule has 0 fully saturated rings. The van der Waals surface area contributed by atoms with Crippen molar-refractivity contribution < 1.29 is 4.79 Å². The van der Waals surface area contributed by atoms with Crippen LogP contribution in [-0.2, 0) is 17.8 Å². The van der Waals surface area contributed by atoms with E-state index in [0.717, 1.165) is 16.5 Å². The van der Waals surface area contributed by atoms with Crippen molar-refractivity contribution in [3.63, 3.8) is 0 Å². The standard InChI is InChI=1S/C17H16BrN5O/c1-2-12-6-8-13(9-7-12)17-20-22-23(21-17)11-16(24)19-15-5-3-4-14(18)10-15/h3-10H,2,11H2,1H3,(H,19,24). The van der Waals surface area contributed by atoms with E-state index in [1.807, 2.05) is 48.5 Å². The molecule has 0 atom stereocenters. The summed E-state index contributed by atoms with van der Waals surface area (Å²) in [4.78, 5) is 13.4. The van der Waals surface area contributed by atoms with E-state index in [2.05, 4.69) is 43.6 Å². The van der Waals surface area contributed by atoms with E-state index < -0.39 is 0 Å². The molecule has 2 aromatic carbocycles. The molecule has 0 spiro atoms. The fourth-order valence-electron chi connectivity index (χ4n) is 2.21. The van der Waals surface area contributed by atoms with Crippen LogP contribution in [-0.4, -0.2) is 26.1 Å². The number of tetrazole rings is 1. The monoisotopic (exact) mass is 385 g/mol. The molecule has 6 nitrogen and oxygen atoms in total. The first-order valence-electron chi connectivity index (χ1n) is 7.56. The van der Waals surface area contributed by atoms with Crippen LogP contribution >= 0.6 is 15.9 Å². The fourth-order valence-corrected chi connectivity index (χ4v) is 2.61. The molecule has 24 heavy (non-hydrogen) atoms. The predicted octanol–water partition coefficient (Wildman–Crippen LogP) is 3.30. The van der Waals surface area contributed by atoms with E-state index in [1.54, 1.807) is 0 Å². The molecule has 0 saturated carbocycles. The Kier molecular flexibility index (Phi) is 5.00. The van der Waals surface area contributed by atoms with Gasteiger partial charge in [0.05, 0.1) is 0 Å². The summed E-state index contributed by atoms with van der Waals surface area (Å²) in [6.07, 6.45) is 0.982. The minimum absolute atomic E-state index is 0.00650. The second-order valence-electron chi connectivity index (χ2n) is 5.25. The van der Waals surface area contributed by atoms with E-state index in [9.17, 15) is 4.79 Å². The second-order valence-corrected chi connectivity index (χ2v) is 6.17. The summed E-state index contributed by atoms with van der Waals surface area (Å²) < 4.78 is 0.900. The summed E-state index contributed by atoms with van der Waals surface area (Å²) in [6, 6.07) is 15.4. The normalized spacial score (nSPS) is 10.6. The quantitative estimate of drug-likeness (QED) is 0.730. The van der Waals surface area contributed by atoms with Crippen LogP contribution in [0.2, 0.25) is 0 Å². The van der Waals surface area contributed by atoms with Gasteiger partial charge < -0.3 is 5.32 Å². The lowest BCUT2D eigenvalue weighted by atomic mass is 10.1. The number of halogens is 1. The van der Waals surface area contributed by atoms with Crippen molar-refractivity contribution in [3.8, 4) is 11.4 Å². The number of carbonyl (C=O) groups is 1. The maximum absolute atomic E-state index is 12.1. The maximum Gasteiger partial charge on any atom is 0.248 e. The molecule has 0 saturated heterocycles. The molecule has 0 aliphatic heterocycles. The van der Waals surface area contributed by atoms with Gasteiger partial charge in [0.15, 0.2) is 0 Å². The lowest BCUT2D eigenvalue weighted by molar-refractivity contribution is -0.117. The minimum atomic E-state index is -0.210. The Morgan fingerprint density at radius 3 is 2.71 bits per heavy atom. The third-order valence-electron chi connectivity index (χ3n) is 3.47. The number of carbonyl (C=O) groups excluding carboxylic acids is 1. The Morgan fingerprint density at radius 1 is 1.21 bits per heavy atom. The third kappa shape index (κ3) is 4.05. The number of aryl methyl sites for hydroxylation is 1. The van der Waals surface area contributed by atoms with Gasteiger partial charge in [-0.3, -0.25) is 4.79 Å². The van der Waals surface area contributed by atoms with Gasteiger partial charge in [-0.25, -0.2) is 0 Å². The van der Waals surface area contributed by atoms with Gasteiger partial charge >= 0.3 is 0 Å². The van der Waals surface area contributed by atoms with Gasteiger partial charge in [-0.05, 0) is 35.4 Å². The van der Waals surface area contributed by atoms with Gasteiger partial charge in [-0.2, -0.15) is 4.80 Å². The van der Waals surface area contributed by atoms with Crippen LogP contribution in [0.25, 0.3) is 11.4 Å². The van der Waals surface area contributed by atoms with Crippen LogP contribution in [0.5, 0.6) is 0 Å². The van der Waals surface area contributed by atoms with Crippen molar-refractivity contribution >= 4 is 27.5 Å². The third-order valence-corrected chi connectivity index (χ3v) is 3.96. The van der Waals surface area contributed by atoms with Crippen LogP contribution in [0.3, 0.4) is 0 Å². The lowest BCUT2D eigenvalue weighted by Crippen LogP contribution is -2.20. The molecule has 0 aliphatic rings. The number of hydrogen-bond acceptors (Lipinski definition) is 4. The topological polar surface area (TPSA) is 72.7 Å². The SMILES string of the molecule is CCc1ccc(-c2nnn(CC(=O)Nc3cccc(Br)c3)n2)cc1. The average Bonchev–Trinajstić information content (AvgIpc) is 3.03. The van der Waals surface area contributed by atoms with Crippen LogP contribution in [0.4, 0.5) is 5.69 Å². The Hall–Kier alpha value is -2.54. The largest absolute Gasteiger partial charge is 0.324 e. The highest BCUT2D eigenvalue weighted by Crippen LogP contribution is 2.16. The molecular weight excluding hydrogens is 370 g/mol. The second kappa shape index (κ2) is 7.35. The zero-order chi connectivity index (χ0) is 16.9. The Bertz CT molecular complexity index is 844. The van der Waals surface area contributed by atoms with Crippen molar-refractivity contribution in [3.05, 3.63) is 58.6 Å². The van der Waals surface area contributed by atoms with E-state index in [1.165, 1.54) is 10.4 Å². The summed E-state index contributed by atoms with van der Waals surface area (Å²) in [5, 5.41) is 15.0. The molecule has 122 valence electrons. The van der Waals surface area contributed by atoms with Crippen molar-refractivity contribution in [2.45, 2.75) is 19.9 Å². The van der Waals surface area contributed by atoms with E-state index in [0.29, 0.717) is 11.5 Å². The lowest BCUT2D eigenvalue weighted by Gasteiger charge is -2.04. The van der Waals surface area contributed by atoms with Crippen LogP contribution < -0.4 is 5.32 Å². The molecule has 1 aromatic heterocycles. The highest BCUT2D eigenvalue weighted by Gasteiger charge is 2.09. The highest BCUT2D eigenvalue weighted by molar-refractivity contribution is 9.10. The molecule has 7 heteroatoms. The van der Waals surface area contributed by atoms with Crippen molar-refractivity contribution in [2.24, 2.45) is 0 Å². The van der Waals surface area contributed by atoms with Gasteiger partial charge in [-0.1, -0.05) is 53.2 Å². The van der Waals surface area contributed by atoms with Gasteiger partial charge in [0, 0.05) is 15.7 Å². The van der Waals surface area contributed by atoms with Crippen molar-refractivity contribution in [1.29, 1.82) is 0 Å². The zero-order valence-electron chi connectivity index (χ0n) is 13.1. The highest BCUT2D eigenvalue weighted by atomic mass is 79.9. The Morgan fingerprint density at radius 2 is 2.00 bits per heavy atom. The molecule has 1 N–H and O–H groups in total. The summed E-state index contributed by atoms with van der Waals surface area (Å²) in [7, 11) is 0. The van der Waals surface area contributed by atoms with Gasteiger partial charge in [0.2, 0.25) is 11.7 Å². The smallest absolute Gasteiger partial charge is 0.248 e. The van der Waals surface area contributed by atoms with Crippen LogP contribution in [0.15, 0.2) is 53.0 Å². The van der Waals surface area contributed by atoms with E-state index >= 15 is 0 Å². The zero-order valence-corrected chi connectivity index (χ0v) is 14.7. The Balaban J connectivity index is 1.65. The number of hydrogen-bond donors (Lipinski definition) is 1. The number of aromatic nitrogens is 4. The van der Waals surface area contributed by atoms with Gasteiger partial charge in [0.25, 0.3) is 0 Å². The van der Waals surface area contributed by atoms with Crippen molar-refractivity contribution in [2.75, 3.05) is 5.32 Å². The van der Waals surface area contributed by atoms with E-state index in [-0.39, 0.29) is 12.5 Å². The maximum atomic E-state index is 12.1. The van der Waals surface area contributed by atoms with Crippen LogP contribution in [0.1, 0.15) is 12.5 Å². The number of nitrogens with zero attached hydrogens (tertiary/aromatic N) is 4. The predicted molar refractivity (Wildman–Crippen MR) is 95.4 cm³/mol. The molecular formula is C17H16BrN5O. The molecule has 1 amide bonds. The minimum Gasteiger partial charge on any atom is -0.324 e. The van der Waals surface area contributed by atoms with E-state index in [4.69, 9.17) is 0 Å². The van der Waals surface area contributed by atoms with Crippen molar-refractivity contribution in [1.82, 2.24) is 20.2 Å². The summed E-state index contributed by atoms with van der Waals surface area (Å²) in [5.74, 6) is 0.297. The molecule has 3 aromatic rings. The van der Waals surface area contributed by atoms with Gasteiger partial charge in [0.1, 0.15) is 6.54 Å². The molecule has 1 heterocycles. The number of benzene rings is 2. The number of nitrogens with one attached hydrogen (secondary N) is 1. The molecule has 0 bridgehead atoms. The molecule has 3 rings (SSSR count). The van der Waals surface area contributed by atoms with Gasteiger partial charge in [-0.15, -0.1) is 10.2 Å². The van der Waals surface area contributed by atoms with Crippen LogP contribution in [0, 0.1) is 0 Å².